The summed E-state index contributed by atoms with van der Waals surface area (Å²) in [6, 6.07) is 33.2. The summed E-state index contributed by atoms with van der Waals surface area (Å²) in [7, 11) is 0. The molecule has 3 aliphatic heterocycles. The molecule has 4 nitrogen and oxygen atoms in total. The van der Waals surface area contributed by atoms with Crippen molar-refractivity contribution in [3.8, 4) is 6.07 Å². The molecule has 250 valence electrons. The number of allylic oxidation sites excluding steroid dienone is 4. The number of benzene rings is 5. The molecule has 0 saturated carbocycles. The van der Waals surface area contributed by atoms with Crippen molar-refractivity contribution in [2.24, 2.45) is 10.8 Å². The SMILES string of the molecule is [C-]#[N+]/C(C#N)=C1\C=COC(c2ccc3cc(/C=C/c4ccc5cc(Cc6cc7c8c(c6)CC(C)(C)CN8CC(C)(C)C7)ccc5c4)ccc3c2)=C1. The molecule has 0 spiro atoms. The second-order valence-corrected chi connectivity index (χ2v) is 16.0. The molecule has 0 aliphatic carbocycles. The molecule has 0 amide bonds. The first-order chi connectivity index (χ1) is 24.5. The highest BCUT2D eigenvalue weighted by molar-refractivity contribution is 5.90. The summed E-state index contributed by atoms with van der Waals surface area (Å²) >= 11 is 0. The van der Waals surface area contributed by atoms with Crippen LogP contribution in [0.25, 0.3) is 44.3 Å². The molecular weight excluding hydrogens is 623 g/mol. The Kier molecular flexibility index (Phi) is 7.93. The van der Waals surface area contributed by atoms with Crippen molar-refractivity contribution in [1.82, 2.24) is 0 Å². The number of nitriles is 1. The lowest BCUT2D eigenvalue weighted by molar-refractivity contribution is 0.289. The first kappa shape index (κ1) is 32.4. The molecule has 3 aliphatic rings. The Morgan fingerprint density at radius 2 is 1.37 bits per heavy atom. The van der Waals surface area contributed by atoms with Crippen molar-refractivity contribution in [3.05, 3.63) is 165 Å². The number of fused-ring (bicyclic) bond motifs is 2. The van der Waals surface area contributed by atoms with Gasteiger partial charge in [0.15, 0.2) is 0 Å². The third-order valence-corrected chi connectivity index (χ3v) is 10.4. The smallest absolute Gasteiger partial charge is 0.269 e. The van der Waals surface area contributed by atoms with Gasteiger partial charge in [0.1, 0.15) is 5.76 Å². The van der Waals surface area contributed by atoms with Crippen LogP contribution in [0.15, 0.2) is 115 Å². The lowest BCUT2D eigenvalue weighted by atomic mass is 9.73. The van der Waals surface area contributed by atoms with Crippen LogP contribution >= 0.6 is 0 Å². The molecule has 3 heterocycles. The van der Waals surface area contributed by atoms with Crippen LogP contribution in [0.3, 0.4) is 0 Å². The molecule has 0 radical (unpaired) electrons. The molecule has 0 unspecified atom stereocenters. The Hall–Kier alpha value is -5.84. The molecule has 5 aromatic rings. The summed E-state index contributed by atoms with van der Waals surface area (Å²) in [4.78, 5) is 6.00. The van der Waals surface area contributed by atoms with Crippen molar-refractivity contribution in [1.29, 1.82) is 5.26 Å². The zero-order chi connectivity index (χ0) is 35.3. The van der Waals surface area contributed by atoms with E-state index in [1.54, 1.807) is 12.2 Å². The molecule has 0 atom stereocenters. The Bertz CT molecular complexity index is 2400. The van der Waals surface area contributed by atoms with Gasteiger partial charge in [-0.15, -0.1) is 0 Å². The van der Waals surface area contributed by atoms with Gasteiger partial charge in [-0.05, 0) is 121 Å². The van der Waals surface area contributed by atoms with Crippen LogP contribution in [0.4, 0.5) is 5.69 Å². The van der Waals surface area contributed by atoms with E-state index in [4.69, 9.17) is 11.3 Å². The number of anilines is 1. The van der Waals surface area contributed by atoms with Gasteiger partial charge in [-0.3, -0.25) is 0 Å². The van der Waals surface area contributed by atoms with Crippen LogP contribution < -0.4 is 4.90 Å². The summed E-state index contributed by atoms with van der Waals surface area (Å²) < 4.78 is 5.72. The minimum absolute atomic E-state index is 0.0514. The molecule has 0 fully saturated rings. The molecule has 0 aromatic heterocycles. The first-order valence-electron chi connectivity index (χ1n) is 17.8. The third-order valence-electron chi connectivity index (χ3n) is 10.4. The zero-order valence-electron chi connectivity index (χ0n) is 29.8. The fourth-order valence-electron chi connectivity index (χ4n) is 8.33. The Morgan fingerprint density at radius 3 is 2.00 bits per heavy atom. The van der Waals surface area contributed by atoms with Gasteiger partial charge in [0, 0.05) is 24.3 Å². The molecule has 5 aromatic carbocycles. The van der Waals surface area contributed by atoms with Crippen molar-refractivity contribution in [3.63, 3.8) is 0 Å². The van der Waals surface area contributed by atoms with E-state index in [2.05, 4.69) is 128 Å². The molecule has 51 heavy (non-hydrogen) atoms. The number of ether oxygens (including phenoxy) is 1. The van der Waals surface area contributed by atoms with Gasteiger partial charge in [-0.1, -0.05) is 107 Å². The first-order valence-corrected chi connectivity index (χ1v) is 17.8. The average Bonchev–Trinajstić information content (AvgIpc) is 3.09. The monoisotopic (exact) mass is 663 g/mol. The van der Waals surface area contributed by atoms with Gasteiger partial charge >= 0.3 is 0 Å². The van der Waals surface area contributed by atoms with E-state index in [0.717, 1.165) is 54.3 Å². The van der Waals surface area contributed by atoms with Crippen LogP contribution in [0.1, 0.15) is 66.6 Å². The van der Waals surface area contributed by atoms with Crippen molar-refractivity contribution < 1.29 is 4.74 Å². The minimum atomic E-state index is 0.0514. The standard InChI is InChI=1S/C47H41N3O/c1-46(2)26-41-22-34(23-42-27-47(3,4)30-50(29-46)45(41)42)18-33-10-13-35-19-31(8-11-36(35)21-33)6-7-32-9-12-38-24-40(15-14-37(38)20-32)44-25-39(16-17-51-44)43(28-48)49-5/h6-17,19-25H,18,26-27,29-30H2,1-4H3/b7-6+,43-39+. The fraction of sp³-hybridized carbons (Fsp3) is 0.234. The lowest BCUT2D eigenvalue weighted by Crippen LogP contribution is -2.48. The van der Waals surface area contributed by atoms with E-state index in [0.29, 0.717) is 22.2 Å². The quantitative estimate of drug-likeness (QED) is 0.107. The summed E-state index contributed by atoms with van der Waals surface area (Å²) in [5, 5.41) is 14.0. The second kappa shape index (κ2) is 12.5. The van der Waals surface area contributed by atoms with Crippen LogP contribution in [0, 0.1) is 28.7 Å². The van der Waals surface area contributed by atoms with Crippen molar-refractivity contribution in [2.45, 2.75) is 47.0 Å². The topological polar surface area (TPSA) is 40.6 Å². The van der Waals surface area contributed by atoms with Crippen molar-refractivity contribution in [2.75, 3.05) is 18.0 Å². The van der Waals surface area contributed by atoms with E-state index in [-0.39, 0.29) is 5.70 Å². The maximum Gasteiger partial charge on any atom is 0.269 e. The molecule has 0 N–H and O–H groups in total. The van der Waals surface area contributed by atoms with Gasteiger partial charge in [0.05, 0.1) is 18.9 Å². The molecule has 0 saturated heterocycles. The minimum Gasteiger partial charge on any atom is -0.464 e. The predicted molar refractivity (Wildman–Crippen MR) is 211 cm³/mol. The third kappa shape index (κ3) is 6.59. The highest BCUT2D eigenvalue weighted by atomic mass is 16.5. The van der Waals surface area contributed by atoms with E-state index in [1.807, 2.05) is 12.1 Å². The van der Waals surface area contributed by atoms with E-state index >= 15 is 0 Å². The summed E-state index contributed by atoms with van der Waals surface area (Å²) in [5.41, 5.74) is 11.8. The van der Waals surface area contributed by atoms with Crippen LogP contribution in [-0.4, -0.2) is 13.1 Å². The highest BCUT2D eigenvalue weighted by Gasteiger charge is 2.38. The number of rotatable bonds is 5. The van der Waals surface area contributed by atoms with Gasteiger partial charge in [0.2, 0.25) is 0 Å². The summed E-state index contributed by atoms with van der Waals surface area (Å²) in [6.45, 7) is 19.2. The zero-order valence-corrected chi connectivity index (χ0v) is 29.8. The van der Waals surface area contributed by atoms with Gasteiger partial charge in [-0.2, -0.15) is 0 Å². The molecule has 4 heteroatoms. The Balaban J connectivity index is 0.993. The van der Waals surface area contributed by atoms with E-state index < -0.39 is 0 Å². The largest absolute Gasteiger partial charge is 0.464 e. The van der Waals surface area contributed by atoms with Crippen LogP contribution in [0.5, 0.6) is 0 Å². The van der Waals surface area contributed by atoms with Gasteiger partial charge < -0.3 is 9.64 Å². The predicted octanol–water partition coefficient (Wildman–Crippen LogP) is 11.3. The van der Waals surface area contributed by atoms with E-state index in [9.17, 15) is 5.26 Å². The summed E-state index contributed by atoms with van der Waals surface area (Å²) in [5.74, 6) is 0.617. The Morgan fingerprint density at radius 1 is 0.784 bits per heavy atom. The van der Waals surface area contributed by atoms with E-state index in [1.165, 1.54) is 50.5 Å². The second-order valence-electron chi connectivity index (χ2n) is 16.0. The average molecular weight is 664 g/mol. The number of hydrogen-bond acceptors (Lipinski definition) is 3. The van der Waals surface area contributed by atoms with Gasteiger partial charge in [-0.25, -0.2) is 10.1 Å². The maximum atomic E-state index is 9.26. The molecule has 0 bridgehead atoms. The normalized spacial score (nSPS) is 18.2. The van der Waals surface area contributed by atoms with Crippen molar-refractivity contribution >= 4 is 45.1 Å². The maximum absolute atomic E-state index is 9.26. The lowest BCUT2D eigenvalue weighted by Gasteiger charge is -2.49. The Labute approximate surface area is 301 Å². The molecule has 8 rings (SSSR count). The summed E-state index contributed by atoms with van der Waals surface area (Å²) in [6.07, 6.45) is 12.5. The number of hydrogen-bond donors (Lipinski definition) is 0. The van der Waals surface area contributed by atoms with Gasteiger partial charge in [0.25, 0.3) is 5.70 Å². The van der Waals surface area contributed by atoms with Crippen LogP contribution in [-0.2, 0) is 24.0 Å². The highest BCUT2D eigenvalue weighted by Crippen LogP contribution is 2.46. The van der Waals surface area contributed by atoms with Crippen LogP contribution in [0.2, 0.25) is 0 Å². The fourth-order valence-corrected chi connectivity index (χ4v) is 8.33. The molecular formula is C47H41N3O. The number of nitrogens with zero attached hydrogens (tertiary/aromatic N) is 3.